The van der Waals surface area contributed by atoms with Crippen molar-refractivity contribution in [1.29, 1.82) is 0 Å². The normalized spacial score (nSPS) is 17.1. The van der Waals surface area contributed by atoms with Crippen molar-refractivity contribution in [3.05, 3.63) is 120 Å². The van der Waals surface area contributed by atoms with Crippen LogP contribution in [-0.2, 0) is 0 Å². The van der Waals surface area contributed by atoms with Crippen LogP contribution < -0.4 is 0 Å². The molecule has 0 nitrogen and oxygen atoms in total. The first-order valence-electron chi connectivity index (χ1n) is 11.9. The average molecular weight is 427 g/mol. The summed E-state index contributed by atoms with van der Waals surface area (Å²) in [7, 11) is 0. The molecule has 0 heteroatoms. The van der Waals surface area contributed by atoms with Gasteiger partial charge in [-0.05, 0) is 92.9 Å². The molecule has 4 aromatic rings. The average Bonchev–Trinajstić information content (AvgIpc) is 2.84. The Balaban J connectivity index is 2.01. The van der Waals surface area contributed by atoms with Crippen molar-refractivity contribution in [2.24, 2.45) is 5.92 Å². The van der Waals surface area contributed by atoms with Crippen LogP contribution in [0.2, 0.25) is 0 Å². The molecule has 33 heavy (non-hydrogen) atoms. The predicted molar refractivity (Wildman–Crippen MR) is 147 cm³/mol. The van der Waals surface area contributed by atoms with Crippen LogP contribution in [0.15, 0.2) is 109 Å². The zero-order chi connectivity index (χ0) is 22.8. The van der Waals surface area contributed by atoms with Gasteiger partial charge in [0.15, 0.2) is 0 Å². The van der Waals surface area contributed by atoms with E-state index in [1.165, 1.54) is 54.6 Å². The SMILES string of the molecule is C\C=C/C=C(\C=C\C)c1c2ccccc2c(C2=CC=CC(C)C2)c2cc3ccccc3cc12. The molecular weight excluding hydrogens is 396 g/mol. The summed E-state index contributed by atoms with van der Waals surface area (Å²) in [6.07, 6.45) is 18.8. The van der Waals surface area contributed by atoms with Crippen molar-refractivity contribution in [2.45, 2.75) is 27.2 Å². The number of fused-ring (bicyclic) bond motifs is 3. The fraction of sp³-hybridized carbons (Fsp3) is 0.152. The summed E-state index contributed by atoms with van der Waals surface area (Å²) in [6.45, 7) is 6.47. The Kier molecular flexibility index (Phi) is 5.84. The summed E-state index contributed by atoms with van der Waals surface area (Å²) in [6, 6.07) is 22.5. The minimum absolute atomic E-state index is 0.548. The fourth-order valence-corrected chi connectivity index (χ4v) is 5.15. The van der Waals surface area contributed by atoms with Crippen LogP contribution in [0.1, 0.15) is 38.3 Å². The number of benzene rings is 4. The maximum atomic E-state index is 2.41. The third-order valence-corrected chi connectivity index (χ3v) is 6.59. The van der Waals surface area contributed by atoms with E-state index in [-0.39, 0.29) is 0 Å². The smallest absolute Gasteiger partial charge is 0.00263 e. The molecule has 0 N–H and O–H groups in total. The number of hydrogen-bond donors (Lipinski definition) is 0. The molecule has 0 aromatic heterocycles. The Morgan fingerprint density at radius 3 is 2.21 bits per heavy atom. The minimum atomic E-state index is 0.548. The van der Waals surface area contributed by atoms with Crippen molar-refractivity contribution in [3.8, 4) is 0 Å². The Morgan fingerprint density at radius 2 is 1.52 bits per heavy atom. The first kappa shape index (κ1) is 21.2. The molecule has 0 aliphatic heterocycles. The molecule has 0 heterocycles. The molecule has 0 fully saturated rings. The van der Waals surface area contributed by atoms with Gasteiger partial charge in [-0.25, -0.2) is 0 Å². The molecule has 162 valence electrons. The second-order valence-corrected chi connectivity index (χ2v) is 8.95. The molecule has 4 aromatic carbocycles. The number of hydrogen-bond acceptors (Lipinski definition) is 0. The lowest BCUT2D eigenvalue weighted by atomic mass is 9.81. The highest BCUT2D eigenvalue weighted by molar-refractivity contribution is 6.19. The molecule has 0 saturated carbocycles. The Bertz CT molecular complexity index is 1500. The molecular formula is C33H30. The zero-order valence-electron chi connectivity index (χ0n) is 19.7. The first-order chi connectivity index (χ1) is 16.2. The Morgan fingerprint density at radius 1 is 0.818 bits per heavy atom. The van der Waals surface area contributed by atoms with E-state index < -0.39 is 0 Å². The molecule has 1 unspecified atom stereocenters. The zero-order valence-corrected chi connectivity index (χ0v) is 19.7. The van der Waals surface area contributed by atoms with Gasteiger partial charge in [0.2, 0.25) is 0 Å². The highest BCUT2D eigenvalue weighted by Gasteiger charge is 2.20. The lowest BCUT2D eigenvalue weighted by Gasteiger charge is -2.22. The van der Waals surface area contributed by atoms with Gasteiger partial charge >= 0.3 is 0 Å². The van der Waals surface area contributed by atoms with E-state index in [2.05, 4.69) is 130 Å². The van der Waals surface area contributed by atoms with Crippen LogP contribution in [0.5, 0.6) is 0 Å². The first-order valence-corrected chi connectivity index (χ1v) is 11.9. The van der Waals surface area contributed by atoms with E-state index in [0.717, 1.165) is 6.42 Å². The van der Waals surface area contributed by atoms with Gasteiger partial charge in [-0.1, -0.05) is 104 Å². The van der Waals surface area contributed by atoms with Crippen LogP contribution in [0.3, 0.4) is 0 Å². The molecule has 0 spiro atoms. The minimum Gasteiger partial charge on any atom is -0.0876 e. The summed E-state index contributed by atoms with van der Waals surface area (Å²) in [5.74, 6) is 0.548. The van der Waals surface area contributed by atoms with E-state index in [0.29, 0.717) is 5.92 Å². The van der Waals surface area contributed by atoms with Crippen LogP contribution in [0, 0.1) is 5.92 Å². The second kappa shape index (κ2) is 9.08. The van der Waals surface area contributed by atoms with Crippen molar-refractivity contribution in [2.75, 3.05) is 0 Å². The summed E-state index contributed by atoms with van der Waals surface area (Å²) in [5, 5.41) is 7.88. The lowest BCUT2D eigenvalue weighted by molar-refractivity contribution is 0.750. The summed E-state index contributed by atoms with van der Waals surface area (Å²) in [5.41, 5.74) is 5.37. The van der Waals surface area contributed by atoms with E-state index >= 15 is 0 Å². The van der Waals surface area contributed by atoms with Crippen LogP contribution in [0.4, 0.5) is 0 Å². The second-order valence-electron chi connectivity index (χ2n) is 8.95. The third-order valence-electron chi connectivity index (χ3n) is 6.59. The molecule has 0 saturated heterocycles. The van der Waals surface area contributed by atoms with Crippen molar-refractivity contribution in [3.63, 3.8) is 0 Å². The maximum absolute atomic E-state index is 2.41. The molecule has 5 rings (SSSR count). The monoisotopic (exact) mass is 426 g/mol. The molecule has 0 amide bonds. The Hall–Kier alpha value is -3.64. The number of rotatable bonds is 4. The quantitative estimate of drug-likeness (QED) is 0.225. The van der Waals surface area contributed by atoms with Gasteiger partial charge < -0.3 is 0 Å². The molecule has 1 aliphatic rings. The van der Waals surface area contributed by atoms with Crippen LogP contribution >= 0.6 is 0 Å². The van der Waals surface area contributed by atoms with Gasteiger partial charge in [0.25, 0.3) is 0 Å². The topological polar surface area (TPSA) is 0 Å². The summed E-state index contributed by atoms with van der Waals surface area (Å²) in [4.78, 5) is 0. The van der Waals surface area contributed by atoms with E-state index in [4.69, 9.17) is 0 Å². The van der Waals surface area contributed by atoms with Crippen LogP contribution in [-0.4, -0.2) is 0 Å². The molecule has 0 radical (unpaired) electrons. The highest BCUT2D eigenvalue weighted by Crippen LogP contribution is 2.43. The number of allylic oxidation sites excluding steroid dienone is 10. The largest absolute Gasteiger partial charge is 0.0876 e. The van der Waals surface area contributed by atoms with Crippen LogP contribution in [0.25, 0.3) is 43.5 Å². The maximum Gasteiger partial charge on any atom is -0.00263 e. The van der Waals surface area contributed by atoms with Crippen molar-refractivity contribution >= 4 is 43.5 Å². The van der Waals surface area contributed by atoms with Crippen molar-refractivity contribution < 1.29 is 0 Å². The van der Waals surface area contributed by atoms with E-state index in [1.807, 2.05) is 0 Å². The van der Waals surface area contributed by atoms with Crippen molar-refractivity contribution in [1.82, 2.24) is 0 Å². The molecule has 1 aliphatic carbocycles. The van der Waals surface area contributed by atoms with E-state index in [1.54, 1.807) is 0 Å². The molecule has 1 atom stereocenters. The highest BCUT2D eigenvalue weighted by atomic mass is 14.2. The summed E-state index contributed by atoms with van der Waals surface area (Å²) >= 11 is 0. The van der Waals surface area contributed by atoms with E-state index in [9.17, 15) is 0 Å². The van der Waals surface area contributed by atoms with Gasteiger partial charge in [-0.2, -0.15) is 0 Å². The standard InChI is InChI=1S/C33H30/c1-4-6-14-24(12-5-2)32-28-18-9-10-19-29(28)33(27-17-11-13-23(3)20-27)31-22-26-16-8-7-15-25(26)21-30(31)32/h4-19,21-23H,20H2,1-3H3/b6-4-,12-5+,24-14+. The molecule has 0 bridgehead atoms. The van der Waals surface area contributed by atoms with Gasteiger partial charge in [0.1, 0.15) is 0 Å². The lowest BCUT2D eigenvalue weighted by Crippen LogP contribution is -2.01. The predicted octanol–water partition coefficient (Wildman–Crippen LogP) is 9.66. The summed E-state index contributed by atoms with van der Waals surface area (Å²) < 4.78 is 0. The van der Waals surface area contributed by atoms with Gasteiger partial charge in [-0.3, -0.25) is 0 Å². The van der Waals surface area contributed by atoms with Gasteiger partial charge in [0, 0.05) is 0 Å². The Labute approximate surface area is 196 Å². The fourth-order valence-electron chi connectivity index (χ4n) is 5.15. The van der Waals surface area contributed by atoms with Gasteiger partial charge in [0.05, 0.1) is 0 Å². The van der Waals surface area contributed by atoms with Gasteiger partial charge in [-0.15, -0.1) is 0 Å². The third kappa shape index (κ3) is 3.87.